The average molecular weight is 376 g/mol. The maximum atomic E-state index is 12.1. The van der Waals surface area contributed by atoms with Crippen molar-refractivity contribution in [1.29, 1.82) is 0 Å². The first-order chi connectivity index (χ1) is 12.3. The second kappa shape index (κ2) is 8.82. The van der Waals surface area contributed by atoms with Gasteiger partial charge in [0, 0.05) is 6.54 Å². The third-order valence-corrected chi connectivity index (χ3v) is 5.25. The Morgan fingerprint density at radius 2 is 1.77 bits per heavy atom. The van der Waals surface area contributed by atoms with E-state index in [1.54, 1.807) is 18.2 Å². The van der Waals surface area contributed by atoms with Crippen molar-refractivity contribution < 1.29 is 17.9 Å². The molecule has 0 atom stereocenters. The molecule has 0 aliphatic rings. The molecule has 6 nitrogen and oxygen atoms in total. The molecule has 2 rings (SSSR count). The highest BCUT2D eigenvalue weighted by Gasteiger charge is 2.13. The summed E-state index contributed by atoms with van der Waals surface area (Å²) in [4.78, 5) is 12.1. The fourth-order valence-electron chi connectivity index (χ4n) is 2.50. The van der Waals surface area contributed by atoms with Gasteiger partial charge in [-0.05, 0) is 43.7 Å². The highest BCUT2D eigenvalue weighted by atomic mass is 32.2. The van der Waals surface area contributed by atoms with Crippen molar-refractivity contribution in [2.75, 3.05) is 13.7 Å². The summed E-state index contributed by atoms with van der Waals surface area (Å²) in [6, 6.07) is 12.9. The summed E-state index contributed by atoms with van der Waals surface area (Å²) in [5.41, 5.74) is 3.51. The number of carbonyl (C=O) groups excluding carboxylic acids is 1. The van der Waals surface area contributed by atoms with E-state index < -0.39 is 10.0 Å². The second-order valence-corrected chi connectivity index (χ2v) is 7.99. The molecule has 0 unspecified atom stereocenters. The summed E-state index contributed by atoms with van der Waals surface area (Å²) in [6.07, 6.45) is 0. The minimum absolute atomic E-state index is 0.0963. The molecule has 0 saturated heterocycles. The zero-order valence-electron chi connectivity index (χ0n) is 15.2. The van der Waals surface area contributed by atoms with E-state index in [0.717, 1.165) is 16.7 Å². The van der Waals surface area contributed by atoms with Crippen LogP contribution in [0.2, 0.25) is 0 Å². The van der Waals surface area contributed by atoms with Gasteiger partial charge in [0.15, 0.2) is 6.61 Å². The third-order valence-electron chi connectivity index (χ3n) is 3.94. The predicted molar refractivity (Wildman–Crippen MR) is 101 cm³/mol. The van der Waals surface area contributed by atoms with Gasteiger partial charge >= 0.3 is 0 Å². The van der Waals surface area contributed by atoms with Gasteiger partial charge in [0.05, 0.1) is 5.75 Å². The van der Waals surface area contributed by atoms with Crippen LogP contribution in [0.1, 0.15) is 22.3 Å². The van der Waals surface area contributed by atoms with Crippen molar-refractivity contribution in [3.8, 4) is 5.75 Å². The lowest BCUT2D eigenvalue weighted by atomic mass is 10.1. The van der Waals surface area contributed by atoms with Crippen LogP contribution in [-0.2, 0) is 27.1 Å². The predicted octanol–water partition coefficient (Wildman–Crippen LogP) is 2.05. The molecule has 26 heavy (non-hydrogen) atoms. The van der Waals surface area contributed by atoms with Crippen molar-refractivity contribution in [2.24, 2.45) is 0 Å². The van der Waals surface area contributed by atoms with Gasteiger partial charge < -0.3 is 10.1 Å². The van der Waals surface area contributed by atoms with E-state index in [4.69, 9.17) is 4.74 Å². The molecular formula is C19H24N2O4S. The Hall–Kier alpha value is -2.38. The fourth-order valence-corrected chi connectivity index (χ4v) is 3.33. The topological polar surface area (TPSA) is 84.5 Å². The van der Waals surface area contributed by atoms with Crippen molar-refractivity contribution in [3.63, 3.8) is 0 Å². The number of nitrogens with one attached hydrogen (secondary N) is 2. The second-order valence-electron chi connectivity index (χ2n) is 6.07. The van der Waals surface area contributed by atoms with Crippen LogP contribution in [0.4, 0.5) is 0 Å². The monoisotopic (exact) mass is 376 g/mol. The van der Waals surface area contributed by atoms with Crippen LogP contribution in [0, 0.1) is 13.8 Å². The summed E-state index contributed by atoms with van der Waals surface area (Å²) in [5.74, 6) is 0.275. The highest BCUT2D eigenvalue weighted by molar-refractivity contribution is 7.88. The number of sulfonamides is 1. The van der Waals surface area contributed by atoms with Crippen molar-refractivity contribution in [1.82, 2.24) is 10.0 Å². The Labute approximate surface area is 154 Å². The maximum Gasteiger partial charge on any atom is 0.258 e. The molecule has 0 radical (unpaired) electrons. The number of carbonyl (C=O) groups is 1. The third kappa shape index (κ3) is 5.86. The standard InChI is InChI=1S/C19H24N2O4S/c1-14-8-9-18(15(2)10-14)25-12-19(22)21-11-16-6-4-5-7-17(16)13-26(23,24)20-3/h4-10,20H,11-13H2,1-3H3,(H,21,22). The Bertz CT molecular complexity index is 879. The quantitative estimate of drug-likeness (QED) is 0.738. The van der Waals surface area contributed by atoms with E-state index in [-0.39, 0.29) is 24.8 Å². The van der Waals surface area contributed by atoms with E-state index in [0.29, 0.717) is 11.3 Å². The van der Waals surface area contributed by atoms with Gasteiger partial charge in [0.1, 0.15) is 5.75 Å². The molecular weight excluding hydrogens is 352 g/mol. The van der Waals surface area contributed by atoms with Gasteiger partial charge in [0.25, 0.3) is 5.91 Å². The maximum absolute atomic E-state index is 12.1. The molecule has 0 bridgehead atoms. The first-order valence-electron chi connectivity index (χ1n) is 8.25. The normalized spacial score (nSPS) is 11.2. The first kappa shape index (κ1) is 19.9. The number of hydrogen-bond donors (Lipinski definition) is 2. The molecule has 2 N–H and O–H groups in total. The number of hydrogen-bond acceptors (Lipinski definition) is 4. The molecule has 2 aromatic carbocycles. The first-order valence-corrected chi connectivity index (χ1v) is 9.90. The molecule has 7 heteroatoms. The van der Waals surface area contributed by atoms with Crippen molar-refractivity contribution >= 4 is 15.9 Å². The van der Waals surface area contributed by atoms with E-state index in [1.807, 2.05) is 38.1 Å². The van der Waals surface area contributed by atoms with Crippen LogP contribution in [0.25, 0.3) is 0 Å². The average Bonchev–Trinajstić information content (AvgIpc) is 2.60. The van der Waals surface area contributed by atoms with E-state index in [1.165, 1.54) is 7.05 Å². The van der Waals surface area contributed by atoms with E-state index >= 15 is 0 Å². The summed E-state index contributed by atoms with van der Waals surface area (Å²) >= 11 is 0. The minimum atomic E-state index is -3.38. The molecule has 0 saturated carbocycles. The number of ether oxygens (including phenoxy) is 1. The Kier molecular flexibility index (Phi) is 6.76. The van der Waals surface area contributed by atoms with Gasteiger partial charge in [-0.25, -0.2) is 13.1 Å². The molecule has 140 valence electrons. The summed E-state index contributed by atoms with van der Waals surface area (Å²) in [6.45, 7) is 4.07. The lowest BCUT2D eigenvalue weighted by Gasteiger charge is -2.12. The lowest BCUT2D eigenvalue weighted by Crippen LogP contribution is -2.29. The number of aryl methyl sites for hydroxylation is 2. The summed E-state index contributed by atoms with van der Waals surface area (Å²) < 4.78 is 31.4. The van der Waals surface area contributed by atoms with Crippen LogP contribution in [0.15, 0.2) is 42.5 Å². The highest BCUT2D eigenvalue weighted by Crippen LogP contribution is 2.18. The van der Waals surface area contributed by atoms with Crippen molar-refractivity contribution in [2.45, 2.75) is 26.1 Å². The zero-order valence-corrected chi connectivity index (χ0v) is 16.0. The lowest BCUT2D eigenvalue weighted by molar-refractivity contribution is -0.123. The Morgan fingerprint density at radius 3 is 2.42 bits per heavy atom. The SMILES string of the molecule is CNS(=O)(=O)Cc1ccccc1CNC(=O)COc1ccc(C)cc1C. The molecule has 0 aliphatic carbocycles. The molecule has 0 aromatic heterocycles. The Balaban J connectivity index is 1.93. The van der Waals surface area contributed by atoms with Crippen LogP contribution in [0.5, 0.6) is 5.75 Å². The van der Waals surface area contributed by atoms with E-state index in [9.17, 15) is 13.2 Å². The van der Waals surface area contributed by atoms with Crippen LogP contribution < -0.4 is 14.8 Å². The smallest absolute Gasteiger partial charge is 0.258 e. The van der Waals surface area contributed by atoms with Crippen LogP contribution >= 0.6 is 0 Å². The number of benzene rings is 2. The summed E-state index contributed by atoms with van der Waals surface area (Å²) in [7, 11) is -2.00. The molecule has 2 aromatic rings. The van der Waals surface area contributed by atoms with Gasteiger partial charge in [-0.3, -0.25) is 4.79 Å². The zero-order chi connectivity index (χ0) is 19.2. The van der Waals surface area contributed by atoms with Gasteiger partial charge in [-0.15, -0.1) is 0 Å². The van der Waals surface area contributed by atoms with Gasteiger partial charge in [-0.2, -0.15) is 0 Å². The fraction of sp³-hybridized carbons (Fsp3) is 0.316. The van der Waals surface area contributed by atoms with E-state index in [2.05, 4.69) is 10.0 Å². The number of amides is 1. The number of rotatable bonds is 8. The van der Waals surface area contributed by atoms with Crippen molar-refractivity contribution in [3.05, 3.63) is 64.7 Å². The van der Waals surface area contributed by atoms with Crippen LogP contribution in [0.3, 0.4) is 0 Å². The largest absolute Gasteiger partial charge is 0.484 e. The molecule has 0 fully saturated rings. The minimum Gasteiger partial charge on any atom is -0.484 e. The van der Waals surface area contributed by atoms with Gasteiger partial charge in [0.2, 0.25) is 10.0 Å². The summed E-state index contributed by atoms with van der Waals surface area (Å²) in [5, 5.41) is 2.77. The van der Waals surface area contributed by atoms with Gasteiger partial charge in [-0.1, -0.05) is 42.0 Å². The molecule has 0 aliphatic heterocycles. The Morgan fingerprint density at radius 1 is 1.08 bits per heavy atom. The van der Waals surface area contributed by atoms with Crippen LogP contribution in [-0.4, -0.2) is 28.0 Å². The molecule has 0 heterocycles. The molecule has 0 spiro atoms. The molecule has 1 amide bonds.